The number of rotatable bonds is 10. The summed E-state index contributed by atoms with van der Waals surface area (Å²) >= 11 is 0. The van der Waals surface area contributed by atoms with E-state index in [1.807, 2.05) is 36.4 Å². The number of ether oxygens (including phenoxy) is 3. The van der Waals surface area contributed by atoms with Crippen molar-refractivity contribution in [2.24, 2.45) is 0 Å². The Kier molecular flexibility index (Phi) is 7.39. The Morgan fingerprint density at radius 1 is 0.958 bits per heavy atom. The number of para-hydroxylation sites is 1. The maximum absolute atomic E-state index is 8.84. The lowest BCUT2D eigenvalue weighted by atomic mass is 10.1. The lowest BCUT2D eigenvalue weighted by Gasteiger charge is -2.12. The molecule has 0 atom stereocenters. The minimum atomic E-state index is -0.0184. The van der Waals surface area contributed by atoms with Gasteiger partial charge in [-0.15, -0.1) is 0 Å². The van der Waals surface area contributed by atoms with E-state index in [-0.39, 0.29) is 13.2 Å². The maximum atomic E-state index is 8.84. The minimum Gasteiger partial charge on any atom is -0.496 e. The average Bonchev–Trinajstić information content (AvgIpc) is 2.64. The zero-order valence-electron chi connectivity index (χ0n) is 14.2. The normalized spacial score (nSPS) is 10.5. The van der Waals surface area contributed by atoms with Gasteiger partial charge in [-0.05, 0) is 42.3 Å². The molecule has 2 N–H and O–H groups in total. The molecule has 2 aromatic carbocycles. The fourth-order valence-electron chi connectivity index (χ4n) is 2.46. The number of aliphatic hydroxyl groups excluding tert-OH is 1. The fourth-order valence-corrected chi connectivity index (χ4v) is 2.46. The highest BCUT2D eigenvalue weighted by Crippen LogP contribution is 2.28. The van der Waals surface area contributed by atoms with Crippen molar-refractivity contribution in [3.8, 4) is 17.2 Å². The lowest BCUT2D eigenvalue weighted by Crippen LogP contribution is -2.17. The molecule has 2 rings (SSSR count). The first-order valence-electron chi connectivity index (χ1n) is 8.01. The molecule has 0 radical (unpaired) electrons. The highest BCUT2D eigenvalue weighted by molar-refractivity contribution is 5.43. The second-order valence-electron chi connectivity index (χ2n) is 5.30. The van der Waals surface area contributed by atoms with Crippen molar-refractivity contribution in [3.05, 3.63) is 53.6 Å². The van der Waals surface area contributed by atoms with E-state index in [0.29, 0.717) is 11.5 Å². The summed E-state index contributed by atoms with van der Waals surface area (Å²) < 4.78 is 16.1. The van der Waals surface area contributed by atoms with Gasteiger partial charge in [-0.3, -0.25) is 0 Å². The Balaban J connectivity index is 1.85. The van der Waals surface area contributed by atoms with Crippen LogP contribution >= 0.6 is 0 Å². The molecular formula is C19H25NO4. The summed E-state index contributed by atoms with van der Waals surface area (Å²) in [6.07, 6.45) is 0.902. The van der Waals surface area contributed by atoms with Gasteiger partial charge in [0, 0.05) is 6.54 Å². The molecule has 0 aromatic heterocycles. The molecular weight excluding hydrogens is 306 g/mol. The van der Waals surface area contributed by atoms with Gasteiger partial charge in [0.25, 0.3) is 0 Å². The van der Waals surface area contributed by atoms with Gasteiger partial charge in [0.05, 0.1) is 20.8 Å². The summed E-state index contributed by atoms with van der Waals surface area (Å²) in [6, 6.07) is 13.9. The van der Waals surface area contributed by atoms with Crippen molar-refractivity contribution in [1.82, 2.24) is 5.32 Å². The standard InChI is InChI=1S/C19H25NO4/c1-22-17-6-4-3-5-16(17)9-10-20-14-15-7-8-18(24-12-11-21)19(13-15)23-2/h3-8,13,20-21H,9-12,14H2,1-2H3. The van der Waals surface area contributed by atoms with Gasteiger partial charge >= 0.3 is 0 Å². The molecule has 0 aliphatic rings. The van der Waals surface area contributed by atoms with Crippen molar-refractivity contribution in [1.29, 1.82) is 0 Å². The topological polar surface area (TPSA) is 60.0 Å². The summed E-state index contributed by atoms with van der Waals surface area (Å²) in [5.41, 5.74) is 2.31. The molecule has 0 saturated carbocycles. The van der Waals surface area contributed by atoms with Gasteiger partial charge < -0.3 is 24.6 Å². The Morgan fingerprint density at radius 3 is 2.50 bits per heavy atom. The minimum absolute atomic E-state index is 0.0184. The first kappa shape index (κ1) is 18.1. The molecule has 5 nitrogen and oxygen atoms in total. The predicted octanol–water partition coefficient (Wildman–Crippen LogP) is 2.41. The molecule has 0 spiro atoms. The smallest absolute Gasteiger partial charge is 0.161 e. The van der Waals surface area contributed by atoms with Crippen LogP contribution in [0.15, 0.2) is 42.5 Å². The monoisotopic (exact) mass is 331 g/mol. The van der Waals surface area contributed by atoms with Crippen molar-refractivity contribution in [3.63, 3.8) is 0 Å². The molecule has 0 saturated heterocycles. The van der Waals surface area contributed by atoms with Gasteiger partial charge in [-0.1, -0.05) is 24.3 Å². The maximum Gasteiger partial charge on any atom is 0.161 e. The number of hydrogen-bond donors (Lipinski definition) is 2. The first-order valence-corrected chi connectivity index (χ1v) is 8.01. The van der Waals surface area contributed by atoms with Crippen molar-refractivity contribution in [2.75, 3.05) is 34.0 Å². The number of nitrogens with one attached hydrogen (secondary N) is 1. The van der Waals surface area contributed by atoms with E-state index in [9.17, 15) is 0 Å². The summed E-state index contributed by atoms with van der Waals surface area (Å²) in [4.78, 5) is 0. The van der Waals surface area contributed by atoms with Crippen molar-refractivity contribution < 1.29 is 19.3 Å². The second kappa shape index (κ2) is 9.80. The van der Waals surface area contributed by atoms with Crippen LogP contribution in [0.3, 0.4) is 0 Å². The largest absolute Gasteiger partial charge is 0.496 e. The van der Waals surface area contributed by atoms with E-state index in [1.165, 1.54) is 5.56 Å². The van der Waals surface area contributed by atoms with Crippen LogP contribution in [0.5, 0.6) is 17.2 Å². The summed E-state index contributed by atoms with van der Waals surface area (Å²) in [5, 5.41) is 12.3. The number of methoxy groups -OCH3 is 2. The Morgan fingerprint density at radius 2 is 1.75 bits per heavy atom. The van der Waals surface area contributed by atoms with Crippen LogP contribution < -0.4 is 19.5 Å². The number of benzene rings is 2. The third-order valence-electron chi connectivity index (χ3n) is 3.67. The molecule has 5 heteroatoms. The van der Waals surface area contributed by atoms with Gasteiger partial charge in [0.2, 0.25) is 0 Å². The third-order valence-corrected chi connectivity index (χ3v) is 3.67. The number of aliphatic hydroxyl groups is 1. The SMILES string of the molecule is COc1ccccc1CCNCc1ccc(OCCO)c(OC)c1. The lowest BCUT2D eigenvalue weighted by molar-refractivity contribution is 0.196. The van der Waals surface area contributed by atoms with Crippen LogP contribution in [-0.4, -0.2) is 39.1 Å². The van der Waals surface area contributed by atoms with Gasteiger partial charge in [0.15, 0.2) is 11.5 Å². The van der Waals surface area contributed by atoms with Crippen LogP contribution in [0.25, 0.3) is 0 Å². The van der Waals surface area contributed by atoms with E-state index < -0.39 is 0 Å². The molecule has 0 heterocycles. The molecule has 24 heavy (non-hydrogen) atoms. The molecule has 0 fully saturated rings. The zero-order chi connectivity index (χ0) is 17.2. The summed E-state index contributed by atoms with van der Waals surface area (Å²) in [5.74, 6) is 2.24. The van der Waals surface area contributed by atoms with E-state index in [4.69, 9.17) is 19.3 Å². The molecule has 0 bridgehead atoms. The highest BCUT2D eigenvalue weighted by Gasteiger charge is 2.06. The molecule has 0 aliphatic carbocycles. The van der Waals surface area contributed by atoms with E-state index in [1.54, 1.807) is 14.2 Å². The van der Waals surface area contributed by atoms with E-state index >= 15 is 0 Å². The first-order chi connectivity index (χ1) is 11.8. The van der Waals surface area contributed by atoms with Crippen molar-refractivity contribution in [2.45, 2.75) is 13.0 Å². The Hall–Kier alpha value is -2.24. The van der Waals surface area contributed by atoms with Gasteiger partial charge in [-0.25, -0.2) is 0 Å². The van der Waals surface area contributed by atoms with Crippen LogP contribution in [0.1, 0.15) is 11.1 Å². The van der Waals surface area contributed by atoms with E-state index in [0.717, 1.165) is 30.8 Å². The number of hydrogen-bond acceptors (Lipinski definition) is 5. The highest BCUT2D eigenvalue weighted by atomic mass is 16.5. The molecule has 0 aliphatic heterocycles. The molecule has 130 valence electrons. The van der Waals surface area contributed by atoms with Gasteiger partial charge in [0.1, 0.15) is 12.4 Å². The second-order valence-corrected chi connectivity index (χ2v) is 5.30. The van der Waals surface area contributed by atoms with Crippen LogP contribution in [0, 0.1) is 0 Å². The van der Waals surface area contributed by atoms with Crippen LogP contribution in [-0.2, 0) is 13.0 Å². The summed E-state index contributed by atoms with van der Waals surface area (Å²) in [7, 11) is 3.30. The van der Waals surface area contributed by atoms with Crippen LogP contribution in [0.2, 0.25) is 0 Å². The Labute approximate surface area is 143 Å². The van der Waals surface area contributed by atoms with Gasteiger partial charge in [-0.2, -0.15) is 0 Å². The molecule has 2 aromatic rings. The van der Waals surface area contributed by atoms with E-state index in [2.05, 4.69) is 11.4 Å². The zero-order valence-corrected chi connectivity index (χ0v) is 14.2. The fraction of sp³-hybridized carbons (Fsp3) is 0.368. The predicted molar refractivity (Wildman–Crippen MR) is 94.0 cm³/mol. The van der Waals surface area contributed by atoms with Crippen molar-refractivity contribution >= 4 is 0 Å². The third kappa shape index (κ3) is 5.15. The molecule has 0 amide bonds. The average molecular weight is 331 g/mol. The Bertz CT molecular complexity index is 631. The quantitative estimate of drug-likeness (QED) is 0.655. The summed E-state index contributed by atoms with van der Waals surface area (Å²) in [6.45, 7) is 1.83. The van der Waals surface area contributed by atoms with Crippen LogP contribution in [0.4, 0.5) is 0 Å². The molecule has 0 unspecified atom stereocenters.